The normalized spacial score (nSPS) is 23.6. The summed E-state index contributed by atoms with van der Waals surface area (Å²) in [5, 5.41) is 9.45. The standard InChI is InChI=1S/C15H17ClN2O4S/c1-17-12(19)8-9(14(21)22)15(17)4-6-18(7-5-15)13(20)10-2-3-11(16)23-10/h2-3,9H,4-8H2,1H3,(H,21,22)/t9-/m0/s1. The number of nitrogens with zero attached hydrogens (tertiary/aromatic N) is 2. The number of hydrogen-bond donors (Lipinski definition) is 1. The molecule has 0 bridgehead atoms. The van der Waals surface area contributed by atoms with Gasteiger partial charge in [0.15, 0.2) is 0 Å². The monoisotopic (exact) mass is 356 g/mol. The lowest BCUT2D eigenvalue weighted by molar-refractivity contribution is -0.145. The SMILES string of the molecule is CN1C(=O)C[C@@H](C(=O)O)C12CCN(C(=O)c1ccc(Cl)s1)CC2. The predicted octanol–water partition coefficient (Wildman–Crippen LogP) is 1.94. The van der Waals surface area contributed by atoms with Gasteiger partial charge in [0.05, 0.1) is 20.7 Å². The maximum Gasteiger partial charge on any atom is 0.309 e. The molecule has 0 saturated carbocycles. The van der Waals surface area contributed by atoms with Gasteiger partial charge in [-0.3, -0.25) is 14.4 Å². The maximum absolute atomic E-state index is 12.5. The van der Waals surface area contributed by atoms with E-state index in [1.54, 1.807) is 29.0 Å². The highest BCUT2D eigenvalue weighted by atomic mass is 35.5. The quantitative estimate of drug-likeness (QED) is 0.878. The molecular weight excluding hydrogens is 340 g/mol. The number of carboxylic acids is 1. The van der Waals surface area contributed by atoms with Crippen LogP contribution in [0.15, 0.2) is 12.1 Å². The van der Waals surface area contributed by atoms with Gasteiger partial charge in [0.2, 0.25) is 5.91 Å². The topological polar surface area (TPSA) is 77.9 Å². The van der Waals surface area contributed by atoms with Crippen LogP contribution in [0, 0.1) is 5.92 Å². The molecule has 1 aromatic rings. The van der Waals surface area contributed by atoms with Crippen LogP contribution >= 0.6 is 22.9 Å². The first-order valence-electron chi connectivity index (χ1n) is 7.39. The zero-order valence-corrected chi connectivity index (χ0v) is 14.2. The van der Waals surface area contributed by atoms with Crippen LogP contribution < -0.4 is 0 Å². The van der Waals surface area contributed by atoms with Gasteiger partial charge in [0.1, 0.15) is 0 Å². The fourth-order valence-electron chi connectivity index (χ4n) is 3.67. The second-order valence-electron chi connectivity index (χ2n) is 6.05. The van der Waals surface area contributed by atoms with Crippen molar-refractivity contribution in [1.82, 2.24) is 9.80 Å². The van der Waals surface area contributed by atoms with Gasteiger partial charge in [0.25, 0.3) is 5.91 Å². The van der Waals surface area contributed by atoms with E-state index in [1.807, 2.05) is 0 Å². The molecule has 2 aliphatic heterocycles. The minimum atomic E-state index is -0.937. The van der Waals surface area contributed by atoms with Gasteiger partial charge in [-0.1, -0.05) is 11.6 Å². The molecule has 3 heterocycles. The van der Waals surface area contributed by atoms with E-state index < -0.39 is 17.4 Å². The molecule has 23 heavy (non-hydrogen) atoms. The van der Waals surface area contributed by atoms with E-state index in [-0.39, 0.29) is 18.2 Å². The molecule has 3 rings (SSSR count). The molecule has 1 N–H and O–H groups in total. The summed E-state index contributed by atoms with van der Waals surface area (Å²) in [6.45, 7) is 0.880. The lowest BCUT2D eigenvalue weighted by Crippen LogP contribution is -2.56. The Morgan fingerprint density at radius 3 is 2.52 bits per heavy atom. The Morgan fingerprint density at radius 2 is 2.00 bits per heavy atom. The van der Waals surface area contributed by atoms with Crippen molar-refractivity contribution in [3.8, 4) is 0 Å². The molecular formula is C15H17ClN2O4S. The van der Waals surface area contributed by atoms with Crippen molar-refractivity contribution in [3.05, 3.63) is 21.3 Å². The zero-order chi connectivity index (χ0) is 16.8. The molecule has 1 aromatic heterocycles. The van der Waals surface area contributed by atoms with E-state index in [0.717, 1.165) is 0 Å². The highest BCUT2D eigenvalue weighted by molar-refractivity contribution is 7.17. The third-order valence-electron chi connectivity index (χ3n) is 5.07. The third-order valence-corrected chi connectivity index (χ3v) is 6.29. The number of amides is 2. The van der Waals surface area contributed by atoms with Crippen molar-refractivity contribution in [1.29, 1.82) is 0 Å². The Balaban J connectivity index is 1.75. The van der Waals surface area contributed by atoms with E-state index >= 15 is 0 Å². The van der Waals surface area contributed by atoms with Gasteiger partial charge in [-0.05, 0) is 25.0 Å². The average molecular weight is 357 g/mol. The molecule has 2 fully saturated rings. The van der Waals surface area contributed by atoms with E-state index in [0.29, 0.717) is 35.1 Å². The lowest BCUT2D eigenvalue weighted by Gasteiger charge is -2.45. The summed E-state index contributed by atoms with van der Waals surface area (Å²) in [4.78, 5) is 39.8. The fourth-order valence-corrected chi connectivity index (χ4v) is 4.68. The number of likely N-dealkylation sites (tertiary alicyclic amines) is 2. The Morgan fingerprint density at radius 1 is 1.35 bits per heavy atom. The highest BCUT2D eigenvalue weighted by Gasteiger charge is 2.55. The molecule has 2 aliphatic rings. The van der Waals surface area contributed by atoms with E-state index in [1.165, 1.54) is 11.3 Å². The van der Waals surface area contributed by atoms with Crippen LogP contribution in [-0.4, -0.2) is 58.4 Å². The van der Waals surface area contributed by atoms with Gasteiger partial charge >= 0.3 is 5.97 Å². The van der Waals surface area contributed by atoms with Crippen LogP contribution in [-0.2, 0) is 9.59 Å². The van der Waals surface area contributed by atoms with Gasteiger partial charge < -0.3 is 14.9 Å². The zero-order valence-electron chi connectivity index (χ0n) is 12.6. The number of carbonyl (C=O) groups is 3. The molecule has 1 spiro atoms. The maximum atomic E-state index is 12.5. The number of piperidine rings is 1. The first kappa shape index (κ1) is 16.3. The Hall–Kier alpha value is -1.60. The van der Waals surface area contributed by atoms with Crippen molar-refractivity contribution in [2.45, 2.75) is 24.8 Å². The fraction of sp³-hybridized carbons (Fsp3) is 0.533. The highest BCUT2D eigenvalue weighted by Crippen LogP contribution is 2.43. The summed E-state index contributed by atoms with van der Waals surface area (Å²) in [5.74, 6) is -1.86. The molecule has 0 radical (unpaired) electrons. The Kier molecular flexibility index (Phi) is 4.10. The minimum Gasteiger partial charge on any atom is -0.481 e. The minimum absolute atomic E-state index is 0.0420. The lowest BCUT2D eigenvalue weighted by atomic mass is 9.77. The number of thiophene rings is 1. The summed E-state index contributed by atoms with van der Waals surface area (Å²) in [6, 6.07) is 3.39. The Labute approximate surface area is 142 Å². The van der Waals surface area contributed by atoms with Crippen LogP contribution in [0.25, 0.3) is 0 Å². The largest absolute Gasteiger partial charge is 0.481 e. The summed E-state index contributed by atoms with van der Waals surface area (Å²) >= 11 is 7.10. The number of hydrogen-bond acceptors (Lipinski definition) is 4. The Bertz CT molecular complexity index is 666. The number of halogens is 1. The number of aliphatic carboxylic acids is 1. The molecule has 0 aromatic carbocycles. The van der Waals surface area contributed by atoms with E-state index in [4.69, 9.17) is 11.6 Å². The smallest absolute Gasteiger partial charge is 0.309 e. The van der Waals surface area contributed by atoms with Gasteiger partial charge in [-0.2, -0.15) is 0 Å². The summed E-state index contributed by atoms with van der Waals surface area (Å²) in [7, 11) is 1.67. The second kappa shape index (κ2) is 5.79. The molecule has 8 heteroatoms. The predicted molar refractivity (Wildman–Crippen MR) is 85.7 cm³/mol. The third kappa shape index (κ3) is 2.61. The summed E-state index contributed by atoms with van der Waals surface area (Å²) in [6.07, 6.45) is 1.01. The number of carboxylic acid groups (broad SMARTS) is 1. The molecule has 6 nitrogen and oxygen atoms in total. The van der Waals surface area contributed by atoms with Crippen LogP contribution in [0.5, 0.6) is 0 Å². The van der Waals surface area contributed by atoms with Crippen LogP contribution in [0.1, 0.15) is 28.9 Å². The van der Waals surface area contributed by atoms with Crippen LogP contribution in [0.2, 0.25) is 4.34 Å². The first-order valence-corrected chi connectivity index (χ1v) is 8.59. The molecule has 0 unspecified atom stereocenters. The average Bonchev–Trinajstić information content (AvgIpc) is 3.05. The summed E-state index contributed by atoms with van der Waals surface area (Å²) in [5.41, 5.74) is -0.674. The number of rotatable bonds is 2. The van der Waals surface area contributed by atoms with Gasteiger partial charge in [-0.15, -0.1) is 11.3 Å². The molecule has 2 amide bonds. The van der Waals surface area contributed by atoms with Gasteiger partial charge in [-0.25, -0.2) is 0 Å². The molecule has 2 saturated heterocycles. The van der Waals surface area contributed by atoms with Crippen molar-refractivity contribution in [3.63, 3.8) is 0 Å². The second-order valence-corrected chi connectivity index (χ2v) is 7.76. The van der Waals surface area contributed by atoms with Crippen molar-refractivity contribution >= 4 is 40.7 Å². The van der Waals surface area contributed by atoms with Crippen LogP contribution in [0.4, 0.5) is 0 Å². The molecule has 1 atom stereocenters. The van der Waals surface area contributed by atoms with Crippen LogP contribution in [0.3, 0.4) is 0 Å². The van der Waals surface area contributed by atoms with Gasteiger partial charge in [0, 0.05) is 26.6 Å². The summed E-state index contributed by atoms with van der Waals surface area (Å²) < 4.78 is 0.564. The van der Waals surface area contributed by atoms with E-state index in [9.17, 15) is 19.5 Å². The molecule has 0 aliphatic carbocycles. The first-order chi connectivity index (χ1) is 10.8. The number of carbonyl (C=O) groups excluding carboxylic acids is 2. The van der Waals surface area contributed by atoms with Crippen molar-refractivity contribution < 1.29 is 19.5 Å². The van der Waals surface area contributed by atoms with Crippen molar-refractivity contribution in [2.75, 3.05) is 20.1 Å². The van der Waals surface area contributed by atoms with E-state index in [2.05, 4.69) is 0 Å². The molecule has 124 valence electrons. The van der Waals surface area contributed by atoms with Crippen molar-refractivity contribution in [2.24, 2.45) is 5.92 Å².